The third-order valence-corrected chi connectivity index (χ3v) is 0. The maximum absolute atomic E-state index is 0. The van der Waals surface area contributed by atoms with E-state index in [0.29, 0.717) is 0 Å². The Labute approximate surface area is 69.4 Å². The van der Waals surface area contributed by atoms with Crippen LogP contribution in [0.4, 0.5) is 0 Å². The largest absolute Gasteiger partial charge is 0.412 e. The van der Waals surface area contributed by atoms with Crippen molar-refractivity contribution in [3.63, 3.8) is 0 Å². The molecule has 65 valence electrons. The summed E-state index contributed by atoms with van der Waals surface area (Å²) in [5.41, 5.74) is 0. The summed E-state index contributed by atoms with van der Waals surface area (Å²) < 4.78 is 0. The van der Waals surface area contributed by atoms with Crippen molar-refractivity contribution in [2.45, 2.75) is 0 Å². The van der Waals surface area contributed by atoms with Gasteiger partial charge in [0, 0.05) is 16.8 Å². The van der Waals surface area contributed by atoms with E-state index in [2.05, 4.69) is 0 Å². The maximum Gasteiger partial charge on any atom is 0 e. The van der Waals surface area contributed by atoms with E-state index in [0.717, 1.165) is 0 Å². The molecule has 10 N–H and O–H groups in total. The van der Waals surface area contributed by atoms with Gasteiger partial charge in [0.15, 0.2) is 0 Å². The van der Waals surface area contributed by atoms with Crippen LogP contribution in [-0.4, -0.2) is 27.4 Å². The zero-order valence-corrected chi connectivity index (χ0v) is 6.32. The number of hydrogen-bond donors (Lipinski definition) is 0. The molecule has 0 aromatic carbocycles. The SMILES string of the molecule is Cl.Cl.O.O.O.O.O.[Co]. The van der Waals surface area contributed by atoms with Gasteiger partial charge in [-0.1, -0.05) is 0 Å². The summed E-state index contributed by atoms with van der Waals surface area (Å²) in [6, 6.07) is 0. The fraction of sp³-hybridized carbons (Fsp3) is 0. The van der Waals surface area contributed by atoms with Crippen molar-refractivity contribution < 1.29 is 44.2 Å². The summed E-state index contributed by atoms with van der Waals surface area (Å²) in [6.45, 7) is 0. The van der Waals surface area contributed by atoms with Gasteiger partial charge in [-0.05, 0) is 0 Å². The van der Waals surface area contributed by atoms with Gasteiger partial charge in [0.05, 0.1) is 0 Å². The van der Waals surface area contributed by atoms with Crippen LogP contribution in [0.3, 0.4) is 0 Å². The van der Waals surface area contributed by atoms with Crippen LogP contribution in [0.25, 0.3) is 0 Å². The monoisotopic (exact) mass is 221 g/mol. The minimum Gasteiger partial charge on any atom is -0.412 e. The standard InChI is InChI=1S/2ClH.Co.5H2O/h2*1H;;5*1H2. The van der Waals surface area contributed by atoms with Crippen molar-refractivity contribution in [2.24, 2.45) is 0 Å². The van der Waals surface area contributed by atoms with Gasteiger partial charge in [-0.2, -0.15) is 0 Å². The summed E-state index contributed by atoms with van der Waals surface area (Å²) in [5, 5.41) is 0. The second kappa shape index (κ2) is 476. The molecule has 0 heterocycles. The normalized spacial score (nSPS) is 0. The van der Waals surface area contributed by atoms with Crippen LogP contribution in [0, 0.1) is 0 Å². The van der Waals surface area contributed by atoms with E-state index in [9.17, 15) is 0 Å². The zero-order valence-electron chi connectivity index (χ0n) is 3.65. The average Bonchev–Trinajstić information content (AvgIpc) is 0. The molecule has 0 aromatic rings. The van der Waals surface area contributed by atoms with E-state index in [1.807, 2.05) is 0 Å². The molecule has 0 aliphatic rings. The van der Waals surface area contributed by atoms with Gasteiger partial charge in [-0.15, -0.1) is 24.8 Å². The maximum atomic E-state index is 0. The van der Waals surface area contributed by atoms with Crippen LogP contribution < -0.4 is 0 Å². The first-order valence-electron chi connectivity index (χ1n) is 0. The second-order valence-corrected chi connectivity index (χ2v) is 0. The van der Waals surface area contributed by atoms with E-state index in [1.54, 1.807) is 0 Å². The molecular formula is H12Cl2CoO5. The van der Waals surface area contributed by atoms with Gasteiger partial charge >= 0.3 is 0 Å². The summed E-state index contributed by atoms with van der Waals surface area (Å²) in [5.74, 6) is 0. The first kappa shape index (κ1) is 703. The van der Waals surface area contributed by atoms with Gasteiger partial charge in [0.1, 0.15) is 0 Å². The Kier molecular flexibility index (Phi) is 41800. The molecule has 0 aliphatic heterocycles. The Hall–Kier alpha value is 0.886. The van der Waals surface area contributed by atoms with Crippen molar-refractivity contribution in [1.82, 2.24) is 0 Å². The molecule has 0 aromatic heterocycles. The predicted molar refractivity (Wildman–Crippen MR) is 32.6 cm³/mol. The first-order chi connectivity index (χ1) is 0. The molecule has 0 fully saturated rings. The van der Waals surface area contributed by atoms with Crippen LogP contribution >= 0.6 is 24.8 Å². The molecule has 1 radical (unpaired) electrons. The van der Waals surface area contributed by atoms with Crippen molar-refractivity contribution in [3.8, 4) is 0 Å². The number of hydrogen-bond acceptors (Lipinski definition) is 0. The van der Waals surface area contributed by atoms with Gasteiger partial charge in [0.25, 0.3) is 0 Å². The first-order valence-corrected chi connectivity index (χ1v) is 0. The fourth-order valence-corrected chi connectivity index (χ4v) is 0. The molecule has 8 heavy (non-hydrogen) atoms. The minimum absolute atomic E-state index is 0. The molecule has 0 amide bonds. The van der Waals surface area contributed by atoms with Gasteiger partial charge in [0.2, 0.25) is 0 Å². The van der Waals surface area contributed by atoms with E-state index in [4.69, 9.17) is 0 Å². The molecular weight excluding hydrogens is 210 g/mol. The fourth-order valence-electron chi connectivity index (χ4n) is 0. The molecule has 5 nitrogen and oxygen atoms in total. The third kappa shape index (κ3) is 304. The molecule has 0 atom stereocenters. The molecule has 0 spiro atoms. The second-order valence-electron chi connectivity index (χ2n) is 0. The molecule has 0 saturated carbocycles. The summed E-state index contributed by atoms with van der Waals surface area (Å²) in [4.78, 5) is 0. The van der Waals surface area contributed by atoms with Crippen LogP contribution in [-0.2, 0) is 16.8 Å². The third-order valence-electron chi connectivity index (χ3n) is 0. The average molecular weight is 222 g/mol. The minimum atomic E-state index is 0. The van der Waals surface area contributed by atoms with E-state index in [-0.39, 0.29) is 69.0 Å². The Morgan fingerprint density at radius 2 is 0.375 bits per heavy atom. The summed E-state index contributed by atoms with van der Waals surface area (Å²) in [7, 11) is 0. The quantitative estimate of drug-likeness (QED) is 0.402. The van der Waals surface area contributed by atoms with Crippen LogP contribution in [0.5, 0.6) is 0 Å². The van der Waals surface area contributed by atoms with Crippen molar-refractivity contribution in [2.75, 3.05) is 0 Å². The molecule has 0 unspecified atom stereocenters. The smallest absolute Gasteiger partial charge is 0 e. The van der Waals surface area contributed by atoms with Crippen molar-refractivity contribution in [1.29, 1.82) is 0 Å². The number of halogens is 2. The Morgan fingerprint density at radius 3 is 0.375 bits per heavy atom. The summed E-state index contributed by atoms with van der Waals surface area (Å²) in [6.07, 6.45) is 0. The summed E-state index contributed by atoms with van der Waals surface area (Å²) >= 11 is 0. The molecule has 0 rings (SSSR count). The molecule has 0 bridgehead atoms. The Balaban J connectivity index is 0. The van der Waals surface area contributed by atoms with Crippen molar-refractivity contribution >= 4 is 24.8 Å². The predicted octanol–water partition coefficient (Wildman–Crippen LogP) is -3.28. The Morgan fingerprint density at radius 1 is 0.375 bits per heavy atom. The Bertz CT molecular complexity index is 10.4. The zero-order chi connectivity index (χ0) is 0. The number of rotatable bonds is 0. The van der Waals surface area contributed by atoms with E-state index >= 15 is 0 Å². The van der Waals surface area contributed by atoms with Gasteiger partial charge < -0.3 is 27.4 Å². The van der Waals surface area contributed by atoms with Crippen LogP contribution in [0.2, 0.25) is 0 Å². The van der Waals surface area contributed by atoms with Crippen LogP contribution in [0.1, 0.15) is 0 Å². The molecule has 8 heteroatoms. The van der Waals surface area contributed by atoms with E-state index < -0.39 is 0 Å². The molecule has 0 aliphatic carbocycles. The molecule has 0 saturated heterocycles. The van der Waals surface area contributed by atoms with Gasteiger partial charge in [-0.3, -0.25) is 0 Å². The van der Waals surface area contributed by atoms with Crippen molar-refractivity contribution in [3.05, 3.63) is 0 Å². The van der Waals surface area contributed by atoms with E-state index in [1.165, 1.54) is 0 Å². The van der Waals surface area contributed by atoms with Crippen LogP contribution in [0.15, 0.2) is 0 Å². The topological polar surface area (TPSA) is 158 Å². The van der Waals surface area contributed by atoms with Gasteiger partial charge in [-0.25, -0.2) is 0 Å².